The third-order valence-corrected chi connectivity index (χ3v) is 4.78. The molecule has 0 spiro atoms. The van der Waals surface area contributed by atoms with Crippen LogP contribution in [0, 0.1) is 11.7 Å². The van der Waals surface area contributed by atoms with Crippen molar-refractivity contribution in [1.29, 1.82) is 0 Å². The quantitative estimate of drug-likeness (QED) is 0.731. The van der Waals surface area contributed by atoms with Crippen LogP contribution in [0.2, 0.25) is 0 Å². The number of ketones is 1. The molecule has 1 amide bonds. The summed E-state index contributed by atoms with van der Waals surface area (Å²) in [5, 5.41) is 0. The van der Waals surface area contributed by atoms with E-state index in [-0.39, 0.29) is 30.0 Å². The molecular formula is C21H22FNO4. The average Bonchev–Trinajstić information content (AvgIpc) is 2.72. The largest absolute Gasteiger partial charge is 0.497 e. The Balaban J connectivity index is 1.49. The van der Waals surface area contributed by atoms with E-state index in [2.05, 4.69) is 0 Å². The molecule has 3 rings (SSSR count). The van der Waals surface area contributed by atoms with Crippen LogP contribution in [0.4, 0.5) is 4.39 Å². The van der Waals surface area contributed by atoms with Crippen LogP contribution in [0.1, 0.15) is 23.2 Å². The van der Waals surface area contributed by atoms with Gasteiger partial charge in [-0.2, -0.15) is 0 Å². The van der Waals surface area contributed by atoms with Crippen molar-refractivity contribution >= 4 is 11.7 Å². The van der Waals surface area contributed by atoms with Crippen molar-refractivity contribution in [3.05, 3.63) is 59.9 Å². The zero-order chi connectivity index (χ0) is 19.2. The number of benzene rings is 2. The van der Waals surface area contributed by atoms with Gasteiger partial charge in [0.1, 0.15) is 5.75 Å². The molecule has 2 aromatic rings. The second-order valence-electron chi connectivity index (χ2n) is 6.47. The van der Waals surface area contributed by atoms with Gasteiger partial charge in [-0.25, -0.2) is 4.39 Å². The molecule has 0 saturated carbocycles. The molecule has 142 valence electrons. The van der Waals surface area contributed by atoms with E-state index in [0.29, 0.717) is 37.2 Å². The van der Waals surface area contributed by atoms with E-state index in [1.54, 1.807) is 48.4 Å². The van der Waals surface area contributed by atoms with E-state index in [4.69, 9.17) is 9.47 Å². The standard InChI is InChI=1S/C21H22FNO4/c1-26-17-8-6-15(7-9-17)21(25)16-10-12-23(13-11-16)20(24)14-27-19-5-3-2-4-18(19)22/h2-9,16H,10-14H2,1H3. The summed E-state index contributed by atoms with van der Waals surface area (Å²) < 4.78 is 23.9. The Hall–Kier alpha value is -2.89. The predicted octanol–water partition coefficient (Wildman–Crippen LogP) is 3.33. The molecule has 0 N–H and O–H groups in total. The summed E-state index contributed by atoms with van der Waals surface area (Å²) in [6, 6.07) is 13.1. The van der Waals surface area contributed by atoms with E-state index in [1.165, 1.54) is 12.1 Å². The van der Waals surface area contributed by atoms with E-state index in [9.17, 15) is 14.0 Å². The molecule has 6 heteroatoms. The third kappa shape index (κ3) is 4.64. The highest BCUT2D eigenvalue weighted by atomic mass is 19.1. The lowest BCUT2D eigenvalue weighted by molar-refractivity contribution is -0.134. The highest BCUT2D eigenvalue weighted by Crippen LogP contribution is 2.23. The number of para-hydroxylation sites is 1. The number of hydrogen-bond donors (Lipinski definition) is 0. The number of Topliss-reactive ketones (excluding diaryl/α,β-unsaturated/α-hetero) is 1. The summed E-state index contributed by atoms with van der Waals surface area (Å²) in [7, 11) is 1.58. The maximum absolute atomic E-state index is 13.5. The Kier molecular flexibility index (Phi) is 6.06. The van der Waals surface area contributed by atoms with Gasteiger partial charge in [0.05, 0.1) is 7.11 Å². The van der Waals surface area contributed by atoms with Crippen molar-refractivity contribution in [2.24, 2.45) is 5.92 Å². The Morgan fingerprint density at radius 2 is 1.74 bits per heavy atom. The van der Waals surface area contributed by atoms with Gasteiger partial charge in [-0.05, 0) is 49.2 Å². The van der Waals surface area contributed by atoms with Crippen LogP contribution in [0.3, 0.4) is 0 Å². The van der Waals surface area contributed by atoms with Crippen LogP contribution in [-0.4, -0.2) is 43.4 Å². The van der Waals surface area contributed by atoms with Crippen molar-refractivity contribution < 1.29 is 23.5 Å². The topological polar surface area (TPSA) is 55.8 Å². The number of amides is 1. The van der Waals surface area contributed by atoms with Crippen LogP contribution in [0.25, 0.3) is 0 Å². The molecule has 2 aromatic carbocycles. The second-order valence-corrected chi connectivity index (χ2v) is 6.47. The Bertz CT molecular complexity index is 798. The SMILES string of the molecule is COc1ccc(C(=O)C2CCN(C(=O)COc3ccccc3F)CC2)cc1. The lowest BCUT2D eigenvalue weighted by Crippen LogP contribution is -2.42. The van der Waals surface area contributed by atoms with Crippen molar-refractivity contribution in [2.45, 2.75) is 12.8 Å². The van der Waals surface area contributed by atoms with Gasteiger partial charge in [-0.1, -0.05) is 12.1 Å². The molecule has 0 bridgehead atoms. The van der Waals surface area contributed by atoms with Gasteiger partial charge in [0.25, 0.3) is 5.91 Å². The van der Waals surface area contributed by atoms with Gasteiger partial charge in [0.2, 0.25) is 0 Å². The smallest absolute Gasteiger partial charge is 0.260 e. The number of nitrogens with zero attached hydrogens (tertiary/aromatic N) is 1. The first-order valence-corrected chi connectivity index (χ1v) is 8.92. The fourth-order valence-electron chi connectivity index (χ4n) is 3.17. The van der Waals surface area contributed by atoms with Crippen LogP contribution in [-0.2, 0) is 4.79 Å². The summed E-state index contributed by atoms with van der Waals surface area (Å²) in [5.74, 6) is 0.0715. The summed E-state index contributed by atoms with van der Waals surface area (Å²) >= 11 is 0. The lowest BCUT2D eigenvalue weighted by atomic mass is 9.89. The molecule has 0 atom stereocenters. The van der Waals surface area contributed by atoms with Crippen molar-refractivity contribution in [1.82, 2.24) is 4.90 Å². The Morgan fingerprint density at radius 3 is 2.37 bits per heavy atom. The fourth-order valence-corrected chi connectivity index (χ4v) is 3.17. The highest BCUT2D eigenvalue weighted by Gasteiger charge is 2.28. The maximum atomic E-state index is 13.5. The zero-order valence-electron chi connectivity index (χ0n) is 15.2. The molecule has 1 aliphatic heterocycles. The molecule has 0 aliphatic carbocycles. The normalized spacial score (nSPS) is 14.7. The molecule has 5 nitrogen and oxygen atoms in total. The highest BCUT2D eigenvalue weighted by molar-refractivity contribution is 5.98. The van der Waals surface area contributed by atoms with Crippen molar-refractivity contribution in [2.75, 3.05) is 26.8 Å². The van der Waals surface area contributed by atoms with Gasteiger partial charge in [0, 0.05) is 24.6 Å². The van der Waals surface area contributed by atoms with E-state index in [0.717, 1.165) is 0 Å². The summed E-state index contributed by atoms with van der Waals surface area (Å²) in [4.78, 5) is 26.6. The predicted molar refractivity (Wildman–Crippen MR) is 98.5 cm³/mol. The molecular weight excluding hydrogens is 349 g/mol. The van der Waals surface area contributed by atoms with Crippen LogP contribution >= 0.6 is 0 Å². The lowest BCUT2D eigenvalue weighted by Gasteiger charge is -2.31. The minimum atomic E-state index is -0.492. The van der Waals surface area contributed by atoms with E-state index < -0.39 is 5.82 Å². The van der Waals surface area contributed by atoms with Gasteiger partial charge in [-0.15, -0.1) is 0 Å². The van der Waals surface area contributed by atoms with Gasteiger partial charge >= 0.3 is 0 Å². The first kappa shape index (κ1) is 18.9. The molecule has 0 radical (unpaired) electrons. The number of piperidine rings is 1. The number of rotatable bonds is 6. The average molecular weight is 371 g/mol. The minimum absolute atomic E-state index is 0.0652. The maximum Gasteiger partial charge on any atom is 0.260 e. The van der Waals surface area contributed by atoms with Gasteiger partial charge < -0.3 is 14.4 Å². The van der Waals surface area contributed by atoms with E-state index in [1.807, 2.05) is 0 Å². The Labute approximate surface area is 157 Å². The summed E-state index contributed by atoms with van der Waals surface area (Å²) in [6.07, 6.45) is 1.21. The number of likely N-dealkylation sites (tertiary alicyclic amines) is 1. The van der Waals surface area contributed by atoms with E-state index >= 15 is 0 Å². The number of carbonyl (C=O) groups is 2. The van der Waals surface area contributed by atoms with Crippen LogP contribution in [0.15, 0.2) is 48.5 Å². The monoisotopic (exact) mass is 371 g/mol. The third-order valence-electron chi connectivity index (χ3n) is 4.78. The number of halogens is 1. The summed E-state index contributed by atoms with van der Waals surface area (Å²) in [5.41, 5.74) is 0.656. The first-order chi connectivity index (χ1) is 13.1. The van der Waals surface area contributed by atoms with Gasteiger partial charge in [-0.3, -0.25) is 9.59 Å². The number of hydrogen-bond acceptors (Lipinski definition) is 4. The van der Waals surface area contributed by atoms with Crippen molar-refractivity contribution in [3.8, 4) is 11.5 Å². The number of methoxy groups -OCH3 is 1. The number of ether oxygens (including phenoxy) is 2. The molecule has 1 saturated heterocycles. The first-order valence-electron chi connectivity index (χ1n) is 8.92. The molecule has 27 heavy (non-hydrogen) atoms. The molecule has 1 fully saturated rings. The Morgan fingerprint density at radius 1 is 1.07 bits per heavy atom. The van der Waals surface area contributed by atoms with Crippen LogP contribution in [0.5, 0.6) is 11.5 Å². The number of carbonyl (C=O) groups excluding carboxylic acids is 2. The minimum Gasteiger partial charge on any atom is -0.497 e. The summed E-state index contributed by atoms with van der Waals surface area (Å²) in [6.45, 7) is 0.774. The fraction of sp³-hybridized carbons (Fsp3) is 0.333. The molecule has 0 aromatic heterocycles. The zero-order valence-corrected chi connectivity index (χ0v) is 15.2. The second kappa shape index (κ2) is 8.66. The molecule has 1 heterocycles. The van der Waals surface area contributed by atoms with Gasteiger partial charge in [0.15, 0.2) is 24.0 Å². The molecule has 0 unspecified atom stereocenters. The van der Waals surface area contributed by atoms with Crippen molar-refractivity contribution in [3.63, 3.8) is 0 Å². The molecule has 1 aliphatic rings. The van der Waals surface area contributed by atoms with Crippen LogP contribution < -0.4 is 9.47 Å².